The summed E-state index contributed by atoms with van der Waals surface area (Å²) in [5.41, 5.74) is 0.981. The average Bonchev–Trinajstić information content (AvgIpc) is 1.31. The minimum atomic E-state index is 0.981. The summed E-state index contributed by atoms with van der Waals surface area (Å²) in [7, 11) is 0. The van der Waals surface area contributed by atoms with Crippen LogP contribution in [0.2, 0.25) is 0 Å². The maximum absolute atomic E-state index is 3.81. The predicted octanol–water partition coefficient (Wildman–Crippen LogP) is 1.14. The van der Waals surface area contributed by atoms with E-state index in [2.05, 4.69) is 11.6 Å². The SMILES string of the molecule is C=CC1=CC=N1. The third-order valence-electron chi connectivity index (χ3n) is 0.678. The fourth-order valence-corrected chi connectivity index (χ4v) is 0.281. The van der Waals surface area contributed by atoms with E-state index in [9.17, 15) is 0 Å². The molecule has 0 aliphatic carbocycles. The molecule has 1 heteroatoms. The molecule has 1 nitrogen and oxygen atoms in total. The van der Waals surface area contributed by atoms with Gasteiger partial charge in [0.25, 0.3) is 0 Å². The van der Waals surface area contributed by atoms with E-state index in [1.54, 1.807) is 12.3 Å². The third-order valence-corrected chi connectivity index (χ3v) is 0.678. The van der Waals surface area contributed by atoms with Crippen molar-refractivity contribution in [1.82, 2.24) is 0 Å². The number of rotatable bonds is 1. The molecule has 30 valence electrons. The van der Waals surface area contributed by atoms with Gasteiger partial charge in [-0.15, -0.1) is 0 Å². The second kappa shape index (κ2) is 1.09. The second-order valence-corrected chi connectivity index (χ2v) is 1.07. The number of hydrogen-bond donors (Lipinski definition) is 0. The minimum Gasteiger partial charge on any atom is -0.257 e. The molecule has 0 atom stereocenters. The van der Waals surface area contributed by atoms with E-state index in [0.717, 1.165) is 5.70 Å². The summed E-state index contributed by atoms with van der Waals surface area (Å²) in [6, 6.07) is 0. The number of allylic oxidation sites excluding steroid dienone is 2. The first-order valence-electron chi connectivity index (χ1n) is 1.80. The van der Waals surface area contributed by atoms with Crippen LogP contribution < -0.4 is 0 Å². The Morgan fingerprint density at radius 3 is 2.50 bits per heavy atom. The number of nitrogens with zero attached hydrogens (tertiary/aromatic N) is 1. The molecule has 0 unspecified atom stereocenters. The Hall–Kier alpha value is -0.850. The van der Waals surface area contributed by atoms with Crippen molar-refractivity contribution < 1.29 is 0 Å². The zero-order valence-corrected chi connectivity index (χ0v) is 3.39. The average molecular weight is 79.1 g/mol. The van der Waals surface area contributed by atoms with E-state index in [0.29, 0.717) is 0 Å². The molecular formula is C5H5N. The molecule has 0 spiro atoms. The van der Waals surface area contributed by atoms with Gasteiger partial charge in [-0.1, -0.05) is 6.58 Å². The third kappa shape index (κ3) is 0.285. The van der Waals surface area contributed by atoms with Gasteiger partial charge in [0, 0.05) is 6.21 Å². The van der Waals surface area contributed by atoms with Gasteiger partial charge < -0.3 is 0 Å². The van der Waals surface area contributed by atoms with E-state index in [-0.39, 0.29) is 0 Å². The monoisotopic (exact) mass is 79.0 g/mol. The molecule has 0 aromatic carbocycles. The van der Waals surface area contributed by atoms with E-state index in [4.69, 9.17) is 0 Å². The minimum absolute atomic E-state index is 0.981. The molecule has 0 aromatic rings. The summed E-state index contributed by atoms with van der Waals surface area (Å²) in [6.07, 6.45) is 5.38. The lowest BCUT2D eigenvalue weighted by molar-refractivity contribution is 1.39. The zero-order valence-electron chi connectivity index (χ0n) is 3.39. The molecule has 0 N–H and O–H groups in total. The molecule has 0 aromatic heterocycles. The standard InChI is InChI=1S/C5H5N/c1-2-5-3-4-6-5/h2-4H,1H2. The molecule has 0 saturated carbocycles. The highest BCUT2D eigenvalue weighted by Crippen LogP contribution is 2.01. The molecule has 1 rings (SSSR count). The fraction of sp³-hybridized carbons (Fsp3) is 0. The Bertz CT molecular complexity index is 116. The van der Waals surface area contributed by atoms with Crippen LogP contribution in [0, 0.1) is 0 Å². The van der Waals surface area contributed by atoms with Crippen LogP contribution >= 0.6 is 0 Å². The number of hydrogen-bond acceptors (Lipinski definition) is 1. The Balaban J connectivity index is 2.57. The molecule has 0 saturated heterocycles. The lowest BCUT2D eigenvalue weighted by Crippen LogP contribution is -1.82. The molecule has 0 radical (unpaired) electrons. The summed E-state index contributed by atoms with van der Waals surface area (Å²) in [5.74, 6) is 0. The van der Waals surface area contributed by atoms with E-state index >= 15 is 0 Å². The van der Waals surface area contributed by atoms with Crippen molar-refractivity contribution in [2.75, 3.05) is 0 Å². The highest BCUT2D eigenvalue weighted by Gasteiger charge is 1.87. The second-order valence-electron chi connectivity index (χ2n) is 1.07. The molecule has 1 aliphatic rings. The Morgan fingerprint density at radius 1 is 1.83 bits per heavy atom. The van der Waals surface area contributed by atoms with Crippen LogP contribution in [-0.2, 0) is 0 Å². The summed E-state index contributed by atoms with van der Waals surface area (Å²) in [5, 5.41) is 0. The van der Waals surface area contributed by atoms with Crippen LogP contribution in [0.15, 0.2) is 29.4 Å². The van der Waals surface area contributed by atoms with E-state index < -0.39 is 0 Å². The topological polar surface area (TPSA) is 12.4 Å². The summed E-state index contributed by atoms with van der Waals surface area (Å²) in [6.45, 7) is 3.50. The Labute approximate surface area is 36.7 Å². The van der Waals surface area contributed by atoms with Crippen molar-refractivity contribution in [2.24, 2.45) is 4.99 Å². The summed E-state index contributed by atoms with van der Waals surface area (Å²) in [4.78, 5) is 3.81. The van der Waals surface area contributed by atoms with Crippen LogP contribution in [0.3, 0.4) is 0 Å². The smallest absolute Gasteiger partial charge is 0.0639 e. The van der Waals surface area contributed by atoms with E-state index in [1.165, 1.54) is 0 Å². The van der Waals surface area contributed by atoms with Crippen molar-refractivity contribution >= 4 is 6.21 Å². The molecule has 0 amide bonds. The van der Waals surface area contributed by atoms with Crippen LogP contribution in [0.4, 0.5) is 0 Å². The summed E-state index contributed by atoms with van der Waals surface area (Å²) < 4.78 is 0. The van der Waals surface area contributed by atoms with Crippen molar-refractivity contribution in [3.8, 4) is 0 Å². The maximum Gasteiger partial charge on any atom is 0.0639 e. The highest BCUT2D eigenvalue weighted by atomic mass is 14.8. The normalized spacial score (nSPS) is 15.7. The molecule has 0 fully saturated rings. The van der Waals surface area contributed by atoms with Gasteiger partial charge in [0.05, 0.1) is 5.70 Å². The van der Waals surface area contributed by atoms with Crippen LogP contribution in [0.1, 0.15) is 0 Å². The molecule has 1 heterocycles. The van der Waals surface area contributed by atoms with Crippen molar-refractivity contribution in [1.29, 1.82) is 0 Å². The first kappa shape index (κ1) is 3.34. The first-order chi connectivity index (χ1) is 2.93. The molecular weight excluding hydrogens is 74.1 g/mol. The van der Waals surface area contributed by atoms with Gasteiger partial charge in [-0.2, -0.15) is 0 Å². The Kier molecular flexibility index (Phi) is 0.607. The van der Waals surface area contributed by atoms with Gasteiger partial charge in [-0.3, -0.25) is 4.99 Å². The fourth-order valence-electron chi connectivity index (χ4n) is 0.281. The zero-order chi connectivity index (χ0) is 4.41. The quantitative estimate of drug-likeness (QED) is 0.447. The number of aliphatic imine (C=N–C) groups is 1. The van der Waals surface area contributed by atoms with Crippen LogP contribution in [0.5, 0.6) is 0 Å². The molecule has 0 bridgehead atoms. The van der Waals surface area contributed by atoms with Gasteiger partial charge in [0.2, 0.25) is 0 Å². The Morgan fingerprint density at radius 2 is 2.50 bits per heavy atom. The largest absolute Gasteiger partial charge is 0.257 e. The van der Waals surface area contributed by atoms with Gasteiger partial charge in [0.1, 0.15) is 0 Å². The van der Waals surface area contributed by atoms with Crippen molar-refractivity contribution in [3.63, 3.8) is 0 Å². The van der Waals surface area contributed by atoms with Gasteiger partial charge >= 0.3 is 0 Å². The summed E-state index contributed by atoms with van der Waals surface area (Å²) >= 11 is 0. The van der Waals surface area contributed by atoms with E-state index in [1.807, 2.05) is 6.08 Å². The van der Waals surface area contributed by atoms with Crippen LogP contribution in [-0.4, -0.2) is 6.21 Å². The maximum atomic E-state index is 3.81. The first-order valence-corrected chi connectivity index (χ1v) is 1.80. The molecule has 6 heavy (non-hydrogen) atoms. The highest BCUT2D eigenvalue weighted by molar-refractivity contribution is 5.80. The predicted molar refractivity (Wildman–Crippen MR) is 26.8 cm³/mol. The lowest BCUT2D eigenvalue weighted by Gasteiger charge is -1.94. The van der Waals surface area contributed by atoms with Gasteiger partial charge in [0.15, 0.2) is 0 Å². The van der Waals surface area contributed by atoms with Gasteiger partial charge in [-0.05, 0) is 12.2 Å². The van der Waals surface area contributed by atoms with Crippen LogP contribution in [0.25, 0.3) is 0 Å². The lowest BCUT2D eigenvalue weighted by atomic mass is 10.3. The van der Waals surface area contributed by atoms with Crippen molar-refractivity contribution in [2.45, 2.75) is 0 Å². The molecule has 1 aliphatic heterocycles. The van der Waals surface area contributed by atoms with Crippen molar-refractivity contribution in [3.05, 3.63) is 24.4 Å². The van der Waals surface area contributed by atoms with Gasteiger partial charge in [-0.25, -0.2) is 0 Å².